The van der Waals surface area contributed by atoms with Crippen molar-refractivity contribution in [3.8, 4) is 0 Å². The second-order valence-corrected chi connectivity index (χ2v) is 7.07. The Morgan fingerprint density at radius 1 is 1.24 bits per heavy atom. The van der Waals surface area contributed by atoms with E-state index in [4.69, 9.17) is 4.74 Å². The lowest BCUT2D eigenvalue weighted by molar-refractivity contribution is -0.139. The van der Waals surface area contributed by atoms with Crippen molar-refractivity contribution in [2.24, 2.45) is 14.1 Å². The maximum Gasteiger partial charge on any atom is 0.332 e. The molecule has 0 fully saturated rings. The summed E-state index contributed by atoms with van der Waals surface area (Å²) in [6.45, 7) is 3.74. The third kappa shape index (κ3) is 3.76. The molecule has 0 saturated carbocycles. The number of methoxy groups -OCH3 is 1. The number of fused-ring (bicyclic) bond motifs is 1. The second kappa shape index (κ2) is 7.81. The van der Waals surface area contributed by atoms with Crippen molar-refractivity contribution in [3.63, 3.8) is 0 Å². The van der Waals surface area contributed by atoms with Crippen molar-refractivity contribution < 1.29 is 9.53 Å². The van der Waals surface area contributed by atoms with E-state index in [0.717, 1.165) is 29.2 Å². The number of carbonyl (C=O) groups excluding carboxylic acids is 1. The molecule has 1 atom stereocenters. The van der Waals surface area contributed by atoms with E-state index in [9.17, 15) is 14.4 Å². The summed E-state index contributed by atoms with van der Waals surface area (Å²) in [5, 5.41) is 0.0971. The van der Waals surface area contributed by atoms with Crippen LogP contribution < -0.4 is 11.2 Å². The maximum absolute atomic E-state index is 12.6. The van der Waals surface area contributed by atoms with Gasteiger partial charge in [0.2, 0.25) is 0 Å². The summed E-state index contributed by atoms with van der Waals surface area (Å²) in [5.41, 5.74) is -0.636. The van der Waals surface area contributed by atoms with Crippen molar-refractivity contribution in [2.45, 2.75) is 43.4 Å². The van der Waals surface area contributed by atoms with E-state index in [-0.39, 0.29) is 11.0 Å². The predicted molar refractivity (Wildman–Crippen MR) is 96.0 cm³/mol. The molecule has 0 saturated heterocycles. The number of thioether (sulfide) groups is 1. The van der Waals surface area contributed by atoms with Crippen LogP contribution in [0.15, 0.2) is 14.6 Å². The van der Waals surface area contributed by atoms with Crippen molar-refractivity contribution >= 4 is 28.8 Å². The summed E-state index contributed by atoms with van der Waals surface area (Å²) in [5.74, 6) is 0.144. The van der Waals surface area contributed by atoms with Crippen LogP contribution >= 0.6 is 11.8 Å². The van der Waals surface area contributed by atoms with Gasteiger partial charge in [0.25, 0.3) is 5.56 Å². The molecule has 0 spiro atoms. The molecular formula is C16H22N4O4S. The van der Waals surface area contributed by atoms with Crippen LogP contribution in [0.1, 0.15) is 32.5 Å². The average Bonchev–Trinajstić information content (AvgIpc) is 2.61. The fourth-order valence-corrected chi connectivity index (χ4v) is 3.37. The van der Waals surface area contributed by atoms with Crippen LogP contribution in [-0.4, -0.2) is 37.4 Å². The Labute approximate surface area is 149 Å². The number of unbranched alkanes of at least 4 members (excludes halogenated alkanes) is 1. The first kappa shape index (κ1) is 19.2. The molecule has 136 valence electrons. The first-order valence-electron chi connectivity index (χ1n) is 8.02. The van der Waals surface area contributed by atoms with Gasteiger partial charge in [-0.05, 0) is 13.3 Å². The van der Waals surface area contributed by atoms with Gasteiger partial charge in [-0.3, -0.25) is 18.7 Å². The number of aryl methyl sites for hydroxylation is 2. The Morgan fingerprint density at radius 2 is 1.92 bits per heavy atom. The van der Waals surface area contributed by atoms with Gasteiger partial charge in [-0.25, -0.2) is 14.8 Å². The fraction of sp³-hybridized carbons (Fsp3) is 0.562. The van der Waals surface area contributed by atoms with E-state index >= 15 is 0 Å². The number of hydrogen-bond donors (Lipinski definition) is 0. The Bertz CT molecular complexity index is 919. The number of rotatable bonds is 6. The third-order valence-electron chi connectivity index (χ3n) is 3.89. The van der Waals surface area contributed by atoms with Crippen LogP contribution in [0.3, 0.4) is 0 Å². The minimum Gasteiger partial charge on any atom is -0.468 e. The van der Waals surface area contributed by atoms with Crippen molar-refractivity contribution in [3.05, 3.63) is 26.7 Å². The van der Waals surface area contributed by atoms with Gasteiger partial charge < -0.3 is 4.74 Å². The van der Waals surface area contributed by atoms with E-state index in [1.807, 2.05) is 0 Å². The lowest BCUT2D eigenvalue weighted by Crippen LogP contribution is -2.38. The first-order chi connectivity index (χ1) is 11.8. The molecular weight excluding hydrogens is 344 g/mol. The van der Waals surface area contributed by atoms with Gasteiger partial charge >= 0.3 is 11.7 Å². The number of carbonyl (C=O) groups is 1. The van der Waals surface area contributed by atoms with Gasteiger partial charge in [-0.15, -0.1) is 0 Å². The van der Waals surface area contributed by atoms with E-state index in [1.165, 1.54) is 18.7 Å². The molecule has 8 nitrogen and oxygen atoms in total. The summed E-state index contributed by atoms with van der Waals surface area (Å²) < 4.78 is 7.10. The number of hydrogen-bond acceptors (Lipinski definition) is 7. The maximum atomic E-state index is 12.6. The van der Waals surface area contributed by atoms with Gasteiger partial charge in [0.1, 0.15) is 21.5 Å². The van der Waals surface area contributed by atoms with Gasteiger partial charge in [0, 0.05) is 20.5 Å². The Kier molecular flexibility index (Phi) is 5.99. The Morgan fingerprint density at radius 3 is 2.52 bits per heavy atom. The van der Waals surface area contributed by atoms with Crippen molar-refractivity contribution in [1.82, 2.24) is 19.1 Å². The second-order valence-electron chi connectivity index (χ2n) is 5.74. The highest BCUT2D eigenvalue weighted by Crippen LogP contribution is 2.27. The molecule has 25 heavy (non-hydrogen) atoms. The van der Waals surface area contributed by atoms with Crippen LogP contribution in [0.4, 0.5) is 0 Å². The van der Waals surface area contributed by atoms with Crippen LogP contribution in [0, 0.1) is 0 Å². The van der Waals surface area contributed by atoms with Gasteiger partial charge in [-0.1, -0.05) is 25.1 Å². The van der Waals surface area contributed by atoms with E-state index < -0.39 is 22.5 Å². The molecule has 2 aromatic heterocycles. The smallest absolute Gasteiger partial charge is 0.332 e. The molecule has 0 aromatic carbocycles. The molecule has 0 aliphatic heterocycles. The highest BCUT2D eigenvalue weighted by molar-refractivity contribution is 8.00. The highest BCUT2D eigenvalue weighted by atomic mass is 32.2. The first-order valence-corrected chi connectivity index (χ1v) is 8.90. The minimum atomic E-state index is -0.538. The molecule has 2 aromatic rings. The fourth-order valence-electron chi connectivity index (χ4n) is 2.39. The number of nitrogens with zero attached hydrogens (tertiary/aromatic N) is 4. The van der Waals surface area contributed by atoms with Crippen LogP contribution in [0.2, 0.25) is 0 Å². The number of esters is 1. The molecule has 0 aliphatic carbocycles. The van der Waals surface area contributed by atoms with Gasteiger partial charge in [-0.2, -0.15) is 0 Å². The zero-order valence-corrected chi connectivity index (χ0v) is 15.8. The SMILES string of the molecule is CCCCc1nc(S[C@@H](C)C(=O)OC)c2c(=O)n(C)c(=O)n(C)c2n1. The van der Waals surface area contributed by atoms with Gasteiger partial charge in [0.05, 0.1) is 7.11 Å². The molecule has 9 heteroatoms. The Hall–Kier alpha value is -2.16. The largest absolute Gasteiger partial charge is 0.468 e. The van der Waals surface area contributed by atoms with Crippen molar-refractivity contribution in [2.75, 3.05) is 7.11 Å². The topological polar surface area (TPSA) is 96.1 Å². The number of aromatic nitrogens is 4. The summed E-state index contributed by atoms with van der Waals surface area (Å²) in [6, 6.07) is 0. The molecule has 0 radical (unpaired) electrons. The lowest BCUT2D eigenvalue weighted by atomic mass is 10.2. The monoisotopic (exact) mass is 366 g/mol. The summed E-state index contributed by atoms with van der Waals surface area (Å²) in [6.07, 6.45) is 2.49. The summed E-state index contributed by atoms with van der Waals surface area (Å²) >= 11 is 1.14. The molecule has 2 rings (SSSR count). The van der Waals surface area contributed by atoms with E-state index in [1.54, 1.807) is 14.0 Å². The molecule has 0 amide bonds. The zero-order valence-electron chi connectivity index (χ0n) is 15.0. The summed E-state index contributed by atoms with van der Waals surface area (Å²) in [7, 11) is 4.29. The van der Waals surface area contributed by atoms with Crippen molar-refractivity contribution in [1.29, 1.82) is 0 Å². The zero-order chi connectivity index (χ0) is 18.7. The van der Waals surface area contributed by atoms with E-state index in [2.05, 4.69) is 16.9 Å². The normalized spacial score (nSPS) is 12.4. The molecule has 0 unspecified atom stereocenters. The lowest BCUT2D eigenvalue weighted by Gasteiger charge is -2.13. The van der Waals surface area contributed by atoms with Crippen LogP contribution in [0.5, 0.6) is 0 Å². The molecule has 0 aliphatic rings. The predicted octanol–water partition coefficient (Wildman–Crippen LogP) is 1.02. The quantitative estimate of drug-likeness (QED) is 0.428. The summed E-state index contributed by atoms with van der Waals surface area (Å²) in [4.78, 5) is 45.5. The standard InChI is InChI=1S/C16H22N4O4S/c1-6-7-8-10-17-12-11(14(21)20(4)16(23)19(12)3)13(18-10)25-9(2)15(22)24-5/h9H,6-8H2,1-5H3/t9-/m0/s1. The third-order valence-corrected chi connectivity index (χ3v) is 4.95. The van der Waals surface area contributed by atoms with Crippen LogP contribution in [0.25, 0.3) is 11.0 Å². The molecule has 0 bridgehead atoms. The number of ether oxygens (including phenoxy) is 1. The van der Waals surface area contributed by atoms with E-state index in [0.29, 0.717) is 17.3 Å². The Balaban J connectivity index is 2.73. The minimum absolute atomic E-state index is 0.241. The van der Waals surface area contributed by atoms with Gasteiger partial charge in [0.15, 0.2) is 5.65 Å². The highest BCUT2D eigenvalue weighted by Gasteiger charge is 2.22. The molecule has 2 heterocycles. The molecule has 0 N–H and O–H groups in total. The average molecular weight is 366 g/mol. The van der Waals surface area contributed by atoms with Crippen LogP contribution in [-0.2, 0) is 30.0 Å².